The SMILES string of the molecule is CNc1ccc2onc(C3CCC(=O)NC3=O)c2c1C=N. The fourth-order valence-corrected chi connectivity index (χ4v) is 2.64. The number of piperidine rings is 1. The Morgan fingerprint density at radius 2 is 2.29 bits per heavy atom. The third kappa shape index (κ3) is 2.06. The summed E-state index contributed by atoms with van der Waals surface area (Å²) >= 11 is 0. The van der Waals surface area contributed by atoms with Crippen LogP contribution in [0.5, 0.6) is 0 Å². The van der Waals surface area contributed by atoms with Crippen molar-refractivity contribution in [1.82, 2.24) is 10.5 Å². The molecule has 7 heteroatoms. The molecule has 1 fully saturated rings. The van der Waals surface area contributed by atoms with Crippen molar-refractivity contribution in [2.45, 2.75) is 18.8 Å². The summed E-state index contributed by atoms with van der Waals surface area (Å²) in [5.41, 5.74) is 2.38. The third-order valence-electron chi connectivity index (χ3n) is 3.69. The Morgan fingerprint density at radius 1 is 1.48 bits per heavy atom. The van der Waals surface area contributed by atoms with Gasteiger partial charge in [0.2, 0.25) is 11.8 Å². The summed E-state index contributed by atoms with van der Waals surface area (Å²) in [6, 6.07) is 3.54. The molecule has 1 aliphatic rings. The standard InChI is InChI=1S/C14H14N4O3/c1-16-9-3-4-10-12(8(9)6-15)13(18-21-10)7-2-5-11(19)17-14(7)20/h3-4,6-7,15-16H,2,5H2,1H3,(H,17,19,20). The summed E-state index contributed by atoms with van der Waals surface area (Å²) in [5, 5.41) is 17.6. The number of benzene rings is 1. The summed E-state index contributed by atoms with van der Waals surface area (Å²) in [6.45, 7) is 0. The van der Waals surface area contributed by atoms with Crippen molar-refractivity contribution >= 4 is 34.7 Å². The predicted octanol–water partition coefficient (Wildman–Crippen LogP) is 1.39. The Kier molecular flexibility index (Phi) is 3.17. The maximum absolute atomic E-state index is 12.0. The molecule has 1 saturated heterocycles. The number of hydrogen-bond donors (Lipinski definition) is 3. The number of nitrogens with one attached hydrogen (secondary N) is 3. The Balaban J connectivity index is 2.17. The van der Waals surface area contributed by atoms with E-state index < -0.39 is 5.92 Å². The van der Waals surface area contributed by atoms with E-state index in [0.29, 0.717) is 28.6 Å². The highest BCUT2D eigenvalue weighted by Crippen LogP contribution is 2.34. The summed E-state index contributed by atoms with van der Waals surface area (Å²) in [4.78, 5) is 23.3. The van der Waals surface area contributed by atoms with Crippen LogP contribution >= 0.6 is 0 Å². The molecule has 21 heavy (non-hydrogen) atoms. The first-order chi connectivity index (χ1) is 10.2. The number of carbonyl (C=O) groups is 2. The molecule has 1 atom stereocenters. The highest BCUT2D eigenvalue weighted by atomic mass is 16.5. The molecule has 0 bridgehead atoms. The first kappa shape index (κ1) is 13.3. The van der Waals surface area contributed by atoms with Gasteiger partial charge in [0.05, 0.1) is 11.3 Å². The zero-order valence-corrected chi connectivity index (χ0v) is 11.4. The average molecular weight is 286 g/mol. The minimum Gasteiger partial charge on any atom is -0.388 e. The van der Waals surface area contributed by atoms with Crippen LogP contribution in [0.2, 0.25) is 0 Å². The lowest BCUT2D eigenvalue weighted by Gasteiger charge is -2.19. The van der Waals surface area contributed by atoms with Gasteiger partial charge in [0.25, 0.3) is 0 Å². The second kappa shape index (κ2) is 5.01. The lowest BCUT2D eigenvalue weighted by Crippen LogP contribution is -2.39. The van der Waals surface area contributed by atoms with E-state index in [1.807, 2.05) is 0 Å². The first-order valence-electron chi connectivity index (χ1n) is 6.60. The molecule has 0 saturated carbocycles. The fraction of sp³-hybridized carbons (Fsp3) is 0.286. The van der Waals surface area contributed by atoms with Crippen molar-refractivity contribution in [3.8, 4) is 0 Å². The Hall–Kier alpha value is -2.70. The van der Waals surface area contributed by atoms with Crippen LogP contribution in [0.15, 0.2) is 16.7 Å². The molecule has 3 N–H and O–H groups in total. The van der Waals surface area contributed by atoms with E-state index in [-0.39, 0.29) is 18.2 Å². The van der Waals surface area contributed by atoms with Crippen molar-refractivity contribution in [1.29, 1.82) is 5.41 Å². The molecule has 0 radical (unpaired) electrons. The number of anilines is 1. The highest BCUT2D eigenvalue weighted by molar-refractivity contribution is 6.07. The second-order valence-electron chi connectivity index (χ2n) is 4.87. The zero-order valence-electron chi connectivity index (χ0n) is 11.4. The number of amides is 2. The Morgan fingerprint density at radius 3 is 2.95 bits per heavy atom. The number of nitrogens with zero attached hydrogens (tertiary/aromatic N) is 1. The van der Waals surface area contributed by atoms with Crippen molar-refractivity contribution < 1.29 is 14.1 Å². The first-order valence-corrected chi connectivity index (χ1v) is 6.60. The summed E-state index contributed by atoms with van der Waals surface area (Å²) in [5.74, 6) is -1.17. The van der Waals surface area contributed by atoms with Gasteiger partial charge in [-0.05, 0) is 18.6 Å². The van der Waals surface area contributed by atoms with Gasteiger partial charge < -0.3 is 15.2 Å². The molecular formula is C14H14N4O3. The Labute approximate surface area is 120 Å². The van der Waals surface area contributed by atoms with Gasteiger partial charge >= 0.3 is 0 Å². The van der Waals surface area contributed by atoms with Crippen molar-refractivity contribution in [2.24, 2.45) is 0 Å². The van der Waals surface area contributed by atoms with E-state index in [1.54, 1.807) is 19.2 Å². The van der Waals surface area contributed by atoms with E-state index in [1.165, 1.54) is 6.21 Å². The maximum Gasteiger partial charge on any atom is 0.235 e. The number of hydrogen-bond acceptors (Lipinski definition) is 6. The third-order valence-corrected chi connectivity index (χ3v) is 3.69. The predicted molar refractivity (Wildman–Crippen MR) is 76.6 cm³/mol. The van der Waals surface area contributed by atoms with E-state index in [0.717, 1.165) is 5.69 Å². The van der Waals surface area contributed by atoms with E-state index in [2.05, 4.69) is 15.8 Å². The fourth-order valence-electron chi connectivity index (χ4n) is 2.64. The van der Waals surface area contributed by atoms with Crippen LogP contribution in [-0.2, 0) is 9.59 Å². The lowest BCUT2D eigenvalue weighted by atomic mass is 9.91. The topological polar surface area (TPSA) is 108 Å². The second-order valence-corrected chi connectivity index (χ2v) is 4.87. The van der Waals surface area contributed by atoms with E-state index in [9.17, 15) is 9.59 Å². The lowest BCUT2D eigenvalue weighted by molar-refractivity contribution is -0.134. The molecule has 1 aromatic heterocycles. The van der Waals surface area contributed by atoms with Gasteiger partial charge in [0.1, 0.15) is 5.69 Å². The van der Waals surface area contributed by atoms with Gasteiger partial charge in [0.15, 0.2) is 5.58 Å². The molecule has 2 aromatic rings. The maximum atomic E-state index is 12.0. The molecule has 0 spiro atoms. The zero-order chi connectivity index (χ0) is 15.0. The monoisotopic (exact) mass is 286 g/mol. The molecular weight excluding hydrogens is 272 g/mol. The van der Waals surface area contributed by atoms with Gasteiger partial charge in [0, 0.05) is 30.9 Å². The molecule has 1 aliphatic heterocycles. The van der Waals surface area contributed by atoms with Crippen molar-refractivity contribution in [2.75, 3.05) is 12.4 Å². The molecule has 1 aromatic carbocycles. The number of rotatable bonds is 3. The van der Waals surface area contributed by atoms with Crippen LogP contribution in [0.4, 0.5) is 5.69 Å². The number of carbonyl (C=O) groups excluding carboxylic acids is 2. The molecule has 3 rings (SSSR count). The van der Waals surface area contributed by atoms with Crippen LogP contribution in [-0.4, -0.2) is 30.2 Å². The minimum atomic E-state index is -0.533. The summed E-state index contributed by atoms with van der Waals surface area (Å²) in [7, 11) is 1.76. The molecule has 1 unspecified atom stereocenters. The molecule has 2 amide bonds. The molecule has 7 nitrogen and oxygen atoms in total. The largest absolute Gasteiger partial charge is 0.388 e. The Bertz CT molecular complexity index is 750. The minimum absolute atomic E-state index is 0.271. The van der Waals surface area contributed by atoms with Crippen LogP contribution in [0.25, 0.3) is 11.0 Å². The van der Waals surface area contributed by atoms with Gasteiger partial charge in [-0.2, -0.15) is 0 Å². The van der Waals surface area contributed by atoms with E-state index in [4.69, 9.17) is 9.93 Å². The molecule has 0 aliphatic carbocycles. The summed E-state index contributed by atoms with van der Waals surface area (Å²) < 4.78 is 5.27. The van der Waals surface area contributed by atoms with Crippen LogP contribution < -0.4 is 10.6 Å². The number of fused-ring (bicyclic) bond motifs is 1. The number of aromatic nitrogens is 1. The smallest absolute Gasteiger partial charge is 0.235 e. The van der Waals surface area contributed by atoms with Crippen molar-refractivity contribution in [3.63, 3.8) is 0 Å². The average Bonchev–Trinajstić information content (AvgIpc) is 2.90. The normalized spacial score (nSPS) is 18.6. The van der Waals surface area contributed by atoms with Crippen LogP contribution in [0.1, 0.15) is 30.0 Å². The quantitative estimate of drug-likeness (QED) is 0.583. The van der Waals surface area contributed by atoms with Gasteiger partial charge in [-0.15, -0.1) is 0 Å². The van der Waals surface area contributed by atoms with Crippen molar-refractivity contribution in [3.05, 3.63) is 23.4 Å². The van der Waals surface area contributed by atoms with Gasteiger partial charge in [-0.3, -0.25) is 14.9 Å². The summed E-state index contributed by atoms with van der Waals surface area (Å²) in [6.07, 6.45) is 1.88. The number of imide groups is 1. The van der Waals surface area contributed by atoms with Gasteiger partial charge in [-0.25, -0.2) is 0 Å². The van der Waals surface area contributed by atoms with Gasteiger partial charge in [-0.1, -0.05) is 5.16 Å². The van der Waals surface area contributed by atoms with Crippen LogP contribution in [0, 0.1) is 5.41 Å². The molecule has 108 valence electrons. The van der Waals surface area contributed by atoms with E-state index >= 15 is 0 Å². The van der Waals surface area contributed by atoms with Crippen LogP contribution in [0.3, 0.4) is 0 Å². The molecule has 2 heterocycles. The highest BCUT2D eigenvalue weighted by Gasteiger charge is 2.32.